The number of ether oxygens (including phenoxy) is 14. The molecule has 6 fully saturated rings. The van der Waals surface area contributed by atoms with E-state index < -0.39 is 183 Å². The first-order valence-corrected chi connectivity index (χ1v) is 35.9. The minimum atomic E-state index is -1.94. The third-order valence-corrected chi connectivity index (χ3v) is 19.1. The monoisotopic (exact) mass is 1370 g/mol. The van der Waals surface area contributed by atoms with Crippen LogP contribution in [-0.2, 0) is 85.5 Å². The normalized spacial score (nSPS) is 38.5. The van der Waals surface area contributed by atoms with E-state index in [-0.39, 0.29) is 18.9 Å². The number of hydrogen-bond donors (Lipinski definition) is 7. The minimum absolute atomic E-state index is 0.0376. The highest BCUT2D eigenvalue weighted by Gasteiger charge is 2.59. The molecule has 548 valence electrons. The van der Waals surface area contributed by atoms with E-state index in [1.165, 1.54) is 33.8 Å². The first-order valence-electron chi connectivity index (χ1n) is 35.9. The molecule has 7 rings (SSSR count). The van der Waals surface area contributed by atoms with Crippen molar-refractivity contribution in [3.05, 3.63) is 42.0 Å². The number of carbonyl (C=O) groups excluding carboxylic acids is 4. The highest BCUT2D eigenvalue weighted by Crippen LogP contribution is 2.40. The molecule has 0 unspecified atom stereocenters. The quantitative estimate of drug-likeness (QED) is 0.0208. The highest BCUT2D eigenvalue weighted by atomic mass is 16.8. The van der Waals surface area contributed by atoms with Gasteiger partial charge in [0, 0.05) is 18.9 Å². The van der Waals surface area contributed by atoms with Gasteiger partial charge in [0.1, 0.15) is 67.1 Å². The zero-order valence-corrected chi connectivity index (χ0v) is 57.9. The molecule has 6 heterocycles. The van der Waals surface area contributed by atoms with Crippen molar-refractivity contribution < 1.29 is 121 Å². The van der Waals surface area contributed by atoms with Gasteiger partial charge in [-0.2, -0.15) is 0 Å². The van der Waals surface area contributed by atoms with Crippen LogP contribution in [0.5, 0.6) is 0 Å². The summed E-state index contributed by atoms with van der Waals surface area (Å²) in [6.45, 7) is 15.1. The van der Waals surface area contributed by atoms with Gasteiger partial charge in [0.2, 0.25) is 0 Å². The Morgan fingerprint density at radius 1 is 0.490 bits per heavy atom. The summed E-state index contributed by atoms with van der Waals surface area (Å²) in [5.41, 5.74) is 0.664. The van der Waals surface area contributed by atoms with Gasteiger partial charge >= 0.3 is 23.9 Å². The first kappa shape index (κ1) is 79.5. The Hall–Kier alpha value is -3.84. The number of carbonyl (C=O) groups is 4. The van der Waals surface area contributed by atoms with Gasteiger partial charge in [-0.15, -0.1) is 0 Å². The van der Waals surface area contributed by atoms with Crippen LogP contribution < -0.4 is 0 Å². The zero-order valence-electron chi connectivity index (χ0n) is 57.9. The maximum Gasteiger partial charge on any atom is 0.331 e. The van der Waals surface area contributed by atoms with Gasteiger partial charge in [-0.1, -0.05) is 167 Å². The highest BCUT2D eigenvalue weighted by molar-refractivity contribution is 5.87. The van der Waals surface area contributed by atoms with Crippen molar-refractivity contribution in [3.63, 3.8) is 0 Å². The lowest BCUT2D eigenvalue weighted by Gasteiger charge is -2.51. The average molecular weight is 1370 g/mol. The summed E-state index contributed by atoms with van der Waals surface area (Å²) < 4.78 is 89.5. The standard InChI is InChI=1S/C71H114O25/c1-10-12-14-15-16-17-20-23-31-37-49(73)91-65-64(96-67-55(79)53(77)51(75)41(5)83-67)60(94-68-57(81)61(59(44(8)85-68)92-66(82)40(3)4)89-50(74)39-38-46-32-27-25-28-33-46)45(9)87-71(65)93-58-43(7)86-70-63(56(58)80)90-48(72)36-30-24-21-18-19-22-29-35-47(34-26-13-11-2)88-69-62(95-70)54(78)52(76)42(6)84-69/h25,27-28,32-33,38-45,47,51-65,67-71,75-81H,10-24,26,29-31,34-37H2,1-9H3/b39-38+/t41-,42+,43-,44-,45-,47-,51-,52-,53+,54-,55+,56+,57+,58-,59-,60-,61-,62+,63+,64+,65+,67-,68-,69-,70-,71-/m0/s1. The number of rotatable bonds is 26. The molecule has 0 bridgehead atoms. The number of aliphatic hydroxyl groups is 7. The maximum atomic E-state index is 14.5. The number of fused-ring (bicyclic) bond motifs is 2. The molecule has 6 aliphatic heterocycles. The lowest BCUT2D eigenvalue weighted by Crippen LogP contribution is -2.68. The van der Waals surface area contributed by atoms with Gasteiger partial charge < -0.3 is 102 Å². The molecule has 1 aromatic carbocycles. The average Bonchev–Trinajstić information content (AvgIpc) is 0.771. The van der Waals surface area contributed by atoms with Crippen LogP contribution in [0, 0.1) is 5.92 Å². The smallest absolute Gasteiger partial charge is 0.331 e. The van der Waals surface area contributed by atoms with E-state index in [9.17, 15) is 54.9 Å². The van der Waals surface area contributed by atoms with Crippen molar-refractivity contribution in [2.24, 2.45) is 5.92 Å². The summed E-state index contributed by atoms with van der Waals surface area (Å²) >= 11 is 0. The Morgan fingerprint density at radius 3 is 1.72 bits per heavy atom. The lowest BCUT2D eigenvalue weighted by molar-refractivity contribution is -0.399. The van der Waals surface area contributed by atoms with Crippen molar-refractivity contribution in [1.29, 1.82) is 0 Å². The molecule has 0 radical (unpaired) electrons. The maximum absolute atomic E-state index is 14.5. The third kappa shape index (κ3) is 22.8. The third-order valence-electron chi connectivity index (χ3n) is 19.1. The second-order valence-corrected chi connectivity index (χ2v) is 27.3. The summed E-state index contributed by atoms with van der Waals surface area (Å²) in [5.74, 6) is -3.72. The van der Waals surface area contributed by atoms with Crippen LogP contribution >= 0.6 is 0 Å². The van der Waals surface area contributed by atoms with Crippen molar-refractivity contribution in [3.8, 4) is 0 Å². The molecular weight excluding hydrogens is 1250 g/mol. The molecule has 25 heteroatoms. The first-order chi connectivity index (χ1) is 46.0. The van der Waals surface area contributed by atoms with E-state index in [1.807, 2.05) is 6.07 Å². The van der Waals surface area contributed by atoms with Crippen LogP contribution in [0.2, 0.25) is 0 Å². The number of aliphatic hydroxyl groups excluding tert-OH is 7. The van der Waals surface area contributed by atoms with Crippen LogP contribution in [0.25, 0.3) is 6.08 Å². The molecule has 0 amide bonds. The number of benzene rings is 1. The molecule has 6 aliphatic rings. The molecular formula is C71H114O25. The van der Waals surface area contributed by atoms with Crippen LogP contribution in [0.4, 0.5) is 0 Å². The van der Waals surface area contributed by atoms with Gasteiger partial charge in [-0.3, -0.25) is 14.4 Å². The molecule has 0 aromatic heterocycles. The Balaban J connectivity index is 1.24. The summed E-state index contributed by atoms with van der Waals surface area (Å²) in [4.78, 5) is 55.5. The Morgan fingerprint density at radius 2 is 1.03 bits per heavy atom. The van der Waals surface area contributed by atoms with Gasteiger partial charge in [0.25, 0.3) is 0 Å². The molecule has 0 spiro atoms. The van der Waals surface area contributed by atoms with Crippen LogP contribution in [0.3, 0.4) is 0 Å². The molecule has 0 saturated carbocycles. The summed E-state index contributed by atoms with van der Waals surface area (Å²) in [6, 6.07) is 8.89. The van der Waals surface area contributed by atoms with Crippen LogP contribution in [0.1, 0.15) is 216 Å². The van der Waals surface area contributed by atoms with E-state index in [4.69, 9.17) is 66.3 Å². The van der Waals surface area contributed by atoms with Crippen molar-refractivity contribution in [2.45, 2.75) is 370 Å². The summed E-state index contributed by atoms with van der Waals surface area (Å²) in [5, 5.41) is 82.0. The van der Waals surface area contributed by atoms with E-state index in [2.05, 4.69) is 13.8 Å². The van der Waals surface area contributed by atoms with Gasteiger partial charge in [0.15, 0.2) is 55.9 Å². The molecule has 25 nitrogen and oxygen atoms in total. The molecule has 1 aromatic rings. The second kappa shape index (κ2) is 40.0. The van der Waals surface area contributed by atoms with E-state index >= 15 is 0 Å². The van der Waals surface area contributed by atoms with Gasteiger partial charge in [-0.05, 0) is 71.9 Å². The van der Waals surface area contributed by atoms with E-state index in [0.717, 1.165) is 109 Å². The number of esters is 4. The largest absolute Gasteiger partial charge is 0.455 e. The van der Waals surface area contributed by atoms with Crippen molar-refractivity contribution >= 4 is 30.0 Å². The number of unbranched alkanes of at least 4 members (excludes halogenated alkanes) is 10. The molecule has 0 aliphatic carbocycles. The molecule has 96 heavy (non-hydrogen) atoms. The van der Waals surface area contributed by atoms with E-state index in [1.54, 1.807) is 45.0 Å². The fraction of sp³-hybridized carbons (Fsp3) is 0.831. The van der Waals surface area contributed by atoms with Crippen LogP contribution in [0.15, 0.2) is 36.4 Å². The molecule has 7 N–H and O–H groups in total. The predicted octanol–water partition coefficient (Wildman–Crippen LogP) is 7.21. The lowest BCUT2D eigenvalue weighted by atomic mass is 9.95. The van der Waals surface area contributed by atoms with Gasteiger partial charge in [0.05, 0.1) is 42.5 Å². The Labute approximate surface area is 566 Å². The van der Waals surface area contributed by atoms with Crippen molar-refractivity contribution in [1.82, 2.24) is 0 Å². The van der Waals surface area contributed by atoms with Crippen LogP contribution in [-0.4, -0.2) is 219 Å². The predicted molar refractivity (Wildman–Crippen MR) is 345 cm³/mol. The molecule has 26 atom stereocenters. The molecule has 6 saturated heterocycles. The zero-order chi connectivity index (χ0) is 69.6. The SMILES string of the molecule is CCCCCCCCCCCC(=O)O[C@H]1[C@H](O[C@@H]2[C@@H](O)[C@H]3OC(=O)CCCCCCCCC[C@H](CCCCC)O[C@@H]4O[C@H](C)[C@H](O)[C@H](O)[C@H]4O[C@@H]3O[C@H]2C)O[C@@H](C)[C@H](O[C@@H]2O[C@@H](C)[C@H](OC(=O)C(C)C)[C@@H](OC(=O)/C=C/c3ccccc3)[C@H]2O)[C@H]1O[C@@H]1O[C@@H](C)[C@H](O)[C@@H](O)[C@H]1O. The second-order valence-electron chi connectivity index (χ2n) is 27.3. The summed E-state index contributed by atoms with van der Waals surface area (Å²) in [7, 11) is 0. The van der Waals surface area contributed by atoms with Gasteiger partial charge in [-0.25, -0.2) is 4.79 Å². The fourth-order valence-electron chi connectivity index (χ4n) is 13.2. The topological polar surface area (TPSA) is 339 Å². The summed E-state index contributed by atoms with van der Waals surface area (Å²) in [6.07, 6.45) is -18.0. The van der Waals surface area contributed by atoms with Crippen molar-refractivity contribution in [2.75, 3.05) is 0 Å². The Kier molecular flexibility index (Phi) is 33.1. The number of hydrogen-bond acceptors (Lipinski definition) is 25. The fourth-order valence-corrected chi connectivity index (χ4v) is 13.2. The van der Waals surface area contributed by atoms with E-state index in [0.29, 0.717) is 37.7 Å². The Bertz CT molecular complexity index is 2470. The minimum Gasteiger partial charge on any atom is -0.455 e.